The van der Waals surface area contributed by atoms with E-state index >= 15 is 0 Å². The Labute approximate surface area is 89.5 Å². The monoisotopic (exact) mass is 234 g/mol. The first kappa shape index (κ1) is 12.4. The van der Waals surface area contributed by atoms with Crippen LogP contribution < -0.4 is 4.74 Å². The van der Waals surface area contributed by atoms with Gasteiger partial charge in [0.2, 0.25) is 11.7 Å². The highest BCUT2D eigenvalue weighted by Gasteiger charge is 2.35. The third-order valence-corrected chi connectivity index (χ3v) is 1.71. The number of halogens is 3. The molecular formula is C9H9F3N2O2. The summed E-state index contributed by atoms with van der Waals surface area (Å²) in [7, 11) is 1.19. The molecule has 0 saturated heterocycles. The number of alkyl halides is 3. The Kier molecular flexibility index (Phi) is 3.46. The fourth-order valence-electron chi connectivity index (χ4n) is 1.09. The average molecular weight is 234 g/mol. The number of rotatable bonds is 3. The van der Waals surface area contributed by atoms with E-state index in [-0.39, 0.29) is 23.6 Å². The van der Waals surface area contributed by atoms with Crippen molar-refractivity contribution in [2.75, 3.05) is 7.11 Å². The average Bonchev–Trinajstić information content (AvgIpc) is 2.15. The molecule has 1 aromatic rings. The largest absolute Gasteiger partial charge is 0.481 e. The Hall–Kier alpha value is -1.66. The van der Waals surface area contributed by atoms with Crippen molar-refractivity contribution in [2.45, 2.75) is 19.5 Å². The van der Waals surface area contributed by atoms with Gasteiger partial charge in [-0.1, -0.05) is 0 Å². The minimum absolute atomic E-state index is 0.0543. The summed E-state index contributed by atoms with van der Waals surface area (Å²) in [5.74, 6) is -1.71. The highest BCUT2D eigenvalue weighted by molar-refractivity contribution is 5.78. The normalized spacial score (nSPS) is 11.3. The Morgan fingerprint density at radius 2 is 2.12 bits per heavy atom. The predicted molar refractivity (Wildman–Crippen MR) is 48.0 cm³/mol. The van der Waals surface area contributed by atoms with Crippen LogP contribution in [0.1, 0.15) is 18.3 Å². The van der Waals surface area contributed by atoms with Crippen LogP contribution in [0.5, 0.6) is 5.88 Å². The number of ether oxygens (including phenoxy) is 1. The highest BCUT2D eigenvalue weighted by Crippen LogP contribution is 2.28. The molecule has 0 aliphatic heterocycles. The number of carbonyl (C=O) groups excluding carboxylic acids is 1. The smallest absolute Gasteiger partial charge is 0.451 e. The molecule has 0 unspecified atom stereocenters. The van der Waals surface area contributed by atoms with Crippen LogP contribution in [0.3, 0.4) is 0 Å². The van der Waals surface area contributed by atoms with Crippen LogP contribution in [0.2, 0.25) is 0 Å². The van der Waals surface area contributed by atoms with Crippen LogP contribution in [0.15, 0.2) is 6.20 Å². The van der Waals surface area contributed by atoms with Crippen molar-refractivity contribution >= 4 is 5.78 Å². The zero-order chi connectivity index (χ0) is 12.3. The molecule has 1 aromatic heterocycles. The van der Waals surface area contributed by atoms with Crippen LogP contribution in [-0.4, -0.2) is 22.9 Å². The van der Waals surface area contributed by atoms with E-state index in [2.05, 4.69) is 14.7 Å². The molecule has 0 saturated carbocycles. The molecule has 0 aromatic carbocycles. The molecule has 0 aliphatic rings. The van der Waals surface area contributed by atoms with Crippen molar-refractivity contribution in [3.63, 3.8) is 0 Å². The second-order valence-electron chi connectivity index (χ2n) is 3.10. The Balaban J connectivity index is 3.11. The molecule has 0 N–H and O–H groups in total. The zero-order valence-corrected chi connectivity index (χ0v) is 8.63. The van der Waals surface area contributed by atoms with Crippen LogP contribution >= 0.6 is 0 Å². The molecular weight excluding hydrogens is 225 g/mol. The summed E-state index contributed by atoms with van der Waals surface area (Å²) in [6.45, 7) is 1.32. The maximum Gasteiger partial charge on any atom is 0.451 e. The van der Waals surface area contributed by atoms with E-state index < -0.39 is 12.0 Å². The molecule has 7 heteroatoms. The molecule has 1 rings (SSSR count). The summed E-state index contributed by atoms with van der Waals surface area (Å²) >= 11 is 0. The summed E-state index contributed by atoms with van der Waals surface area (Å²) in [4.78, 5) is 17.2. The van der Waals surface area contributed by atoms with Gasteiger partial charge in [-0.25, -0.2) is 4.98 Å². The minimum atomic E-state index is -4.62. The molecule has 16 heavy (non-hydrogen) atoms. The van der Waals surface area contributed by atoms with Crippen molar-refractivity contribution in [1.82, 2.24) is 9.97 Å². The molecule has 0 amide bonds. The van der Waals surface area contributed by atoms with E-state index in [9.17, 15) is 18.0 Å². The SMILES string of the molecule is COc1nc(C(F)(F)F)ncc1CC(C)=O. The van der Waals surface area contributed by atoms with Gasteiger partial charge in [-0.2, -0.15) is 18.2 Å². The summed E-state index contributed by atoms with van der Waals surface area (Å²) in [5.41, 5.74) is 0.239. The number of hydrogen-bond donors (Lipinski definition) is 0. The van der Waals surface area contributed by atoms with E-state index in [0.717, 1.165) is 6.20 Å². The third kappa shape index (κ3) is 2.91. The van der Waals surface area contributed by atoms with Gasteiger partial charge in [-0.3, -0.25) is 4.79 Å². The van der Waals surface area contributed by atoms with Gasteiger partial charge in [0.05, 0.1) is 7.11 Å². The molecule has 0 spiro atoms. The van der Waals surface area contributed by atoms with E-state index in [1.807, 2.05) is 0 Å². The minimum Gasteiger partial charge on any atom is -0.481 e. The first-order valence-corrected chi connectivity index (χ1v) is 4.31. The van der Waals surface area contributed by atoms with Gasteiger partial charge < -0.3 is 4.74 Å². The van der Waals surface area contributed by atoms with Gasteiger partial charge in [-0.15, -0.1) is 0 Å². The Bertz CT molecular complexity index is 404. The van der Waals surface area contributed by atoms with Gasteiger partial charge in [0.1, 0.15) is 5.78 Å². The standard InChI is InChI=1S/C9H9F3N2O2/c1-5(15)3-6-4-13-8(9(10,11)12)14-7(6)16-2/h4H,3H2,1-2H3. The molecule has 88 valence electrons. The Morgan fingerprint density at radius 1 is 1.50 bits per heavy atom. The lowest BCUT2D eigenvalue weighted by Crippen LogP contribution is -2.13. The second kappa shape index (κ2) is 4.46. The van der Waals surface area contributed by atoms with Gasteiger partial charge >= 0.3 is 6.18 Å². The highest BCUT2D eigenvalue weighted by atomic mass is 19.4. The number of Topliss-reactive ketones (excluding diaryl/α,β-unsaturated/α-hetero) is 1. The van der Waals surface area contributed by atoms with Gasteiger partial charge in [-0.05, 0) is 6.92 Å². The van der Waals surface area contributed by atoms with Crippen LogP contribution in [-0.2, 0) is 17.4 Å². The molecule has 1 heterocycles. The van der Waals surface area contributed by atoms with Crippen molar-refractivity contribution < 1.29 is 22.7 Å². The van der Waals surface area contributed by atoms with Crippen LogP contribution in [0.4, 0.5) is 13.2 Å². The number of ketones is 1. The molecule has 4 nitrogen and oxygen atoms in total. The van der Waals surface area contributed by atoms with E-state index in [4.69, 9.17) is 0 Å². The molecule has 0 bridgehead atoms. The lowest BCUT2D eigenvalue weighted by molar-refractivity contribution is -0.145. The predicted octanol–water partition coefficient (Wildman–Crippen LogP) is 1.64. The summed E-state index contributed by atoms with van der Waals surface area (Å²) in [5, 5.41) is 0. The molecule has 0 aliphatic carbocycles. The van der Waals surface area contributed by atoms with Gasteiger partial charge in [0.15, 0.2) is 0 Å². The van der Waals surface area contributed by atoms with Crippen LogP contribution in [0.25, 0.3) is 0 Å². The van der Waals surface area contributed by atoms with E-state index in [1.165, 1.54) is 14.0 Å². The topological polar surface area (TPSA) is 52.1 Å². The zero-order valence-electron chi connectivity index (χ0n) is 8.63. The number of nitrogens with zero attached hydrogens (tertiary/aromatic N) is 2. The van der Waals surface area contributed by atoms with Gasteiger partial charge in [0, 0.05) is 18.2 Å². The van der Waals surface area contributed by atoms with Crippen LogP contribution in [0, 0.1) is 0 Å². The van der Waals surface area contributed by atoms with Gasteiger partial charge in [0.25, 0.3) is 0 Å². The van der Waals surface area contributed by atoms with Crippen molar-refractivity contribution in [2.24, 2.45) is 0 Å². The number of carbonyl (C=O) groups is 1. The summed E-state index contributed by atoms with van der Waals surface area (Å²) < 4.78 is 41.4. The second-order valence-corrected chi connectivity index (χ2v) is 3.10. The van der Waals surface area contributed by atoms with Crippen molar-refractivity contribution in [3.8, 4) is 5.88 Å². The number of hydrogen-bond acceptors (Lipinski definition) is 4. The first-order chi connectivity index (χ1) is 7.34. The number of methoxy groups -OCH3 is 1. The summed E-state index contributed by atoms with van der Waals surface area (Å²) in [6.07, 6.45) is -3.72. The third-order valence-electron chi connectivity index (χ3n) is 1.71. The molecule has 0 atom stereocenters. The Morgan fingerprint density at radius 3 is 2.56 bits per heavy atom. The quantitative estimate of drug-likeness (QED) is 0.797. The van der Waals surface area contributed by atoms with Crippen molar-refractivity contribution in [3.05, 3.63) is 17.6 Å². The lowest BCUT2D eigenvalue weighted by Gasteiger charge is -2.09. The van der Waals surface area contributed by atoms with E-state index in [0.29, 0.717) is 0 Å². The fraction of sp³-hybridized carbons (Fsp3) is 0.444. The first-order valence-electron chi connectivity index (χ1n) is 4.31. The fourth-order valence-corrected chi connectivity index (χ4v) is 1.09. The maximum atomic E-state index is 12.3. The number of aromatic nitrogens is 2. The summed E-state index contributed by atoms with van der Waals surface area (Å²) in [6, 6.07) is 0. The molecule has 0 radical (unpaired) electrons. The maximum absolute atomic E-state index is 12.3. The van der Waals surface area contributed by atoms with Crippen molar-refractivity contribution in [1.29, 1.82) is 0 Å². The van der Waals surface area contributed by atoms with E-state index in [1.54, 1.807) is 0 Å². The lowest BCUT2D eigenvalue weighted by atomic mass is 10.2. The molecule has 0 fully saturated rings.